The van der Waals surface area contributed by atoms with E-state index >= 15 is 0 Å². The fraction of sp³-hybridized carbons (Fsp3) is 1.00. The molecule has 1 rings (SSSR count). The van der Waals surface area contributed by atoms with E-state index in [2.05, 4.69) is 44.8 Å². The van der Waals surface area contributed by atoms with Crippen LogP contribution < -0.4 is 5.32 Å². The molecular formula is C13H28N2. The third-order valence-corrected chi connectivity index (χ3v) is 3.64. The monoisotopic (exact) mass is 212 g/mol. The summed E-state index contributed by atoms with van der Waals surface area (Å²) in [5, 5.41) is 3.51. The van der Waals surface area contributed by atoms with E-state index in [-0.39, 0.29) is 0 Å². The molecule has 0 radical (unpaired) electrons. The third-order valence-electron chi connectivity index (χ3n) is 3.64. The van der Waals surface area contributed by atoms with E-state index < -0.39 is 0 Å². The van der Waals surface area contributed by atoms with E-state index in [0.29, 0.717) is 11.5 Å². The zero-order chi connectivity index (χ0) is 11.5. The van der Waals surface area contributed by atoms with Gasteiger partial charge in [-0.3, -0.25) is 4.90 Å². The third kappa shape index (κ3) is 4.12. The number of hydrogen-bond donors (Lipinski definition) is 1. The molecular weight excluding hydrogens is 184 g/mol. The van der Waals surface area contributed by atoms with Gasteiger partial charge < -0.3 is 5.32 Å². The summed E-state index contributed by atoms with van der Waals surface area (Å²) in [6, 6.07) is 0.679. The van der Waals surface area contributed by atoms with Crippen LogP contribution in [0.5, 0.6) is 0 Å². The topological polar surface area (TPSA) is 15.3 Å². The van der Waals surface area contributed by atoms with Gasteiger partial charge in [0.1, 0.15) is 0 Å². The van der Waals surface area contributed by atoms with Gasteiger partial charge >= 0.3 is 0 Å². The van der Waals surface area contributed by atoms with Crippen LogP contribution in [0.25, 0.3) is 0 Å². The first-order valence-electron chi connectivity index (χ1n) is 6.36. The van der Waals surface area contributed by atoms with Crippen LogP contribution in [0.3, 0.4) is 0 Å². The van der Waals surface area contributed by atoms with Crippen molar-refractivity contribution in [2.24, 2.45) is 11.3 Å². The predicted octanol–water partition coefficient (Wildman–Crippen LogP) is 2.35. The highest BCUT2D eigenvalue weighted by Crippen LogP contribution is 2.25. The molecule has 90 valence electrons. The van der Waals surface area contributed by atoms with Crippen LogP contribution in [0.1, 0.15) is 41.0 Å². The molecule has 0 aromatic rings. The lowest BCUT2D eigenvalue weighted by Crippen LogP contribution is -2.47. The van der Waals surface area contributed by atoms with E-state index in [4.69, 9.17) is 0 Å². The van der Waals surface area contributed by atoms with Gasteiger partial charge in [0.2, 0.25) is 0 Å². The quantitative estimate of drug-likeness (QED) is 0.718. The lowest BCUT2D eigenvalue weighted by Gasteiger charge is -2.40. The second-order valence-corrected chi connectivity index (χ2v) is 6.20. The van der Waals surface area contributed by atoms with Gasteiger partial charge in [-0.1, -0.05) is 27.7 Å². The standard InChI is InChI=1S/C13H28N2/c1-11-9-14-7-6-8-15(10-11)12(2)13(3,4)5/h11-12,14H,6-10H2,1-5H3. The maximum absolute atomic E-state index is 3.51. The summed E-state index contributed by atoms with van der Waals surface area (Å²) < 4.78 is 0. The molecule has 1 fully saturated rings. The van der Waals surface area contributed by atoms with Crippen molar-refractivity contribution in [1.82, 2.24) is 10.2 Å². The Morgan fingerprint density at radius 3 is 2.60 bits per heavy atom. The van der Waals surface area contributed by atoms with Crippen molar-refractivity contribution in [1.29, 1.82) is 0 Å². The molecule has 0 aliphatic carbocycles. The summed E-state index contributed by atoms with van der Waals surface area (Å²) in [4.78, 5) is 2.67. The summed E-state index contributed by atoms with van der Waals surface area (Å²) in [5.41, 5.74) is 0.395. The molecule has 0 bridgehead atoms. The highest BCUT2D eigenvalue weighted by molar-refractivity contribution is 4.81. The first-order chi connectivity index (χ1) is 6.91. The van der Waals surface area contributed by atoms with Crippen LogP contribution in [0.4, 0.5) is 0 Å². The summed E-state index contributed by atoms with van der Waals surface area (Å²) in [6.45, 7) is 16.6. The summed E-state index contributed by atoms with van der Waals surface area (Å²) in [6.07, 6.45) is 1.28. The minimum Gasteiger partial charge on any atom is -0.316 e. The average molecular weight is 212 g/mol. The second kappa shape index (κ2) is 5.31. The first-order valence-corrected chi connectivity index (χ1v) is 6.36. The van der Waals surface area contributed by atoms with Crippen LogP contribution in [0, 0.1) is 11.3 Å². The highest BCUT2D eigenvalue weighted by Gasteiger charge is 2.27. The van der Waals surface area contributed by atoms with E-state index in [9.17, 15) is 0 Å². The first kappa shape index (κ1) is 13.0. The van der Waals surface area contributed by atoms with Crippen LogP contribution in [0.15, 0.2) is 0 Å². The van der Waals surface area contributed by atoms with Crippen LogP contribution in [0.2, 0.25) is 0 Å². The van der Waals surface area contributed by atoms with Crippen LogP contribution in [-0.4, -0.2) is 37.1 Å². The molecule has 0 saturated carbocycles. The molecule has 1 saturated heterocycles. The van der Waals surface area contributed by atoms with E-state index in [1.54, 1.807) is 0 Å². The zero-order valence-electron chi connectivity index (χ0n) is 11.1. The molecule has 2 heteroatoms. The molecule has 1 N–H and O–H groups in total. The van der Waals surface area contributed by atoms with Crippen molar-refractivity contribution in [3.63, 3.8) is 0 Å². The fourth-order valence-corrected chi connectivity index (χ4v) is 2.21. The van der Waals surface area contributed by atoms with Gasteiger partial charge in [0, 0.05) is 12.6 Å². The minimum atomic E-state index is 0.395. The molecule has 2 unspecified atom stereocenters. The van der Waals surface area contributed by atoms with Crippen LogP contribution >= 0.6 is 0 Å². The van der Waals surface area contributed by atoms with Gasteiger partial charge in [-0.25, -0.2) is 0 Å². The molecule has 2 nitrogen and oxygen atoms in total. The molecule has 15 heavy (non-hydrogen) atoms. The van der Waals surface area contributed by atoms with E-state index in [1.807, 2.05) is 0 Å². The minimum absolute atomic E-state index is 0.395. The second-order valence-electron chi connectivity index (χ2n) is 6.20. The maximum Gasteiger partial charge on any atom is 0.0116 e. The van der Waals surface area contributed by atoms with Gasteiger partial charge in [0.15, 0.2) is 0 Å². The smallest absolute Gasteiger partial charge is 0.0116 e. The Labute approximate surface area is 95.4 Å². The number of nitrogens with zero attached hydrogens (tertiary/aromatic N) is 1. The van der Waals surface area contributed by atoms with Gasteiger partial charge in [0.25, 0.3) is 0 Å². The van der Waals surface area contributed by atoms with Gasteiger partial charge in [-0.15, -0.1) is 0 Å². The highest BCUT2D eigenvalue weighted by atomic mass is 15.2. The van der Waals surface area contributed by atoms with Crippen molar-refractivity contribution in [2.75, 3.05) is 26.2 Å². The van der Waals surface area contributed by atoms with Crippen molar-refractivity contribution >= 4 is 0 Å². The van der Waals surface area contributed by atoms with Crippen molar-refractivity contribution in [3.05, 3.63) is 0 Å². The molecule has 0 spiro atoms. The molecule has 0 aromatic carbocycles. The normalized spacial score (nSPS) is 28.2. The molecule has 0 amide bonds. The average Bonchev–Trinajstić information content (AvgIpc) is 2.08. The summed E-state index contributed by atoms with van der Waals surface area (Å²) in [7, 11) is 0. The number of hydrogen-bond acceptors (Lipinski definition) is 2. The zero-order valence-corrected chi connectivity index (χ0v) is 11.1. The van der Waals surface area contributed by atoms with Crippen molar-refractivity contribution in [2.45, 2.75) is 47.1 Å². The predicted molar refractivity (Wildman–Crippen MR) is 67.1 cm³/mol. The molecule has 1 aliphatic rings. The molecule has 0 aromatic heterocycles. The lowest BCUT2D eigenvalue weighted by molar-refractivity contribution is 0.0904. The lowest BCUT2D eigenvalue weighted by atomic mass is 9.86. The Morgan fingerprint density at radius 2 is 2.00 bits per heavy atom. The van der Waals surface area contributed by atoms with Crippen molar-refractivity contribution in [3.8, 4) is 0 Å². The largest absolute Gasteiger partial charge is 0.316 e. The van der Waals surface area contributed by atoms with E-state index in [1.165, 1.54) is 32.6 Å². The van der Waals surface area contributed by atoms with Crippen LogP contribution in [-0.2, 0) is 0 Å². The Kier molecular flexibility index (Phi) is 4.60. The summed E-state index contributed by atoms with van der Waals surface area (Å²) in [5.74, 6) is 0.773. The Morgan fingerprint density at radius 1 is 1.33 bits per heavy atom. The Balaban J connectivity index is 2.57. The SMILES string of the molecule is CC1CNCCCN(C(C)C(C)(C)C)C1. The van der Waals surface area contributed by atoms with E-state index in [0.717, 1.165) is 5.92 Å². The number of nitrogens with one attached hydrogen (secondary N) is 1. The molecule has 1 heterocycles. The molecule has 1 aliphatic heterocycles. The summed E-state index contributed by atoms with van der Waals surface area (Å²) >= 11 is 0. The van der Waals surface area contributed by atoms with Gasteiger partial charge in [0.05, 0.1) is 0 Å². The Hall–Kier alpha value is -0.0800. The Bertz CT molecular complexity index is 183. The molecule has 2 atom stereocenters. The van der Waals surface area contributed by atoms with Gasteiger partial charge in [-0.05, 0) is 44.3 Å². The fourth-order valence-electron chi connectivity index (χ4n) is 2.21. The van der Waals surface area contributed by atoms with Gasteiger partial charge in [-0.2, -0.15) is 0 Å². The maximum atomic E-state index is 3.51. The van der Waals surface area contributed by atoms with Crippen molar-refractivity contribution < 1.29 is 0 Å². The number of rotatable bonds is 1.